The highest BCUT2D eigenvalue weighted by Gasteiger charge is 2.10. The van der Waals surface area contributed by atoms with Gasteiger partial charge in [0.15, 0.2) is 0 Å². The highest BCUT2D eigenvalue weighted by molar-refractivity contribution is 6.06. The zero-order valence-corrected chi connectivity index (χ0v) is 11.5. The molecule has 0 aliphatic carbocycles. The number of aromatic nitrogens is 1. The number of amides is 1. The van der Waals surface area contributed by atoms with Crippen molar-refractivity contribution in [3.05, 3.63) is 65.4 Å². The number of hydrogen-bond acceptors (Lipinski definition) is 1. The third-order valence-electron chi connectivity index (χ3n) is 3.41. The van der Waals surface area contributed by atoms with E-state index in [9.17, 15) is 4.79 Å². The SMILES string of the molecule is Cc1ccc2[nH]c(C(=O)Nc3ccccc3C)cc2c1. The maximum absolute atomic E-state index is 12.3. The van der Waals surface area contributed by atoms with Crippen LogP contribution in [-0.4, -0.2) is 10.9 Å². The minimum atomic E-state index is -0.117. The summed E-state index contributed by atoms with van der Waals surface area (Å²) in [6.07, 6.45) is 0. The lowest BCUT2D eigenvalue weighted by Gasteiger charge is -2.06. The van der Waals surface area contributed by atoms with Crippen molar-refractivity contribution in [2.45, 2.75) is 13.8 Å². The van der Waals surface area contributed by atoms with Crippen molar-refractivity contribution in [3.63, 3.8) is 0 Å². The molecule has 0 spiro atoms. The molecule has 3 rings (SSSR count). The first-order valence-corrected chi connectivity index (χ1v) is 6.60. The third kappa shape index (κ3) is 2.30. The van der Waals surface area contributed by atoms with Gasteiger partial charge in [-0.25, -0.2) is 0 Å². The standard InChI is InChI=1S/C17H16N2O/c1-11-7-8-15-13(9-11)10-16(18-15)17(20)19-14-6-4-3-5-12(14)2/h3-10,18H,1-2H3,(H,19,20). The predicted octanol–water partition coefficient (Wildman–Crippen LogP) is 4.04. The van der Waals surface area contributed by atoms with Crippen molar-refractivity contribution in [2.24, 2.45) is 0 Å². The molecule has 3 heteroatoms. The maximum Gasteiger partial charge on any atom is 0.272 e. The molecule has 2 N–H and O–H groups in total. The van der Waals surface area contributed by atoms with E-state index in [-0.39, 0.29) is 5.91 Å². The van der Waals surface area contributed by atoms with Gasteiger partial charge in [-0.2, -0.15) is 0 Å². The molecule has 1 amide bonds. The zero-order chi connectivity index (χ0) is 14.1. The Morgan fingerprint density at radius 3 is 2.65 bits per heavy atom. The van der Waals surface area contributed by atoms with Gasteiger partial charge in [0.05, 0.1) is 0 Å². The van der Waals surface area contributed by atoms with Crippen molar-refractivity contribution in [1.29, 1.82) is 0 Å². The fraction of sp³-hybridized carbons (Fsp3) is 0.118. The number of fused-ring (bicyclic) bond motifs is 1. The summed E-state index contributed by atoms with van der Waals surface area (Å²) in [5.41, 5.74) is 4.63. The summed E-state index contributed by atoms with van der Waals surface area (Å²) in [5, 5.41) is 3.99. The van der Waals surface area contributed by atoms with Crippen LogP contribution >= 0.6 is 0 Å². The summed E-state index contributed by atoms with van der Waals surface area (Å²) in [5.74, 6) is -0.117. The number of anilines is 1. The Bertz CT molecular complexity index is 787. The van der Waals surface area contributed by atoms with Crippen LogP contribution in [0.4, 0.5) is 5.69 Å². The first kappa shape index (κ1) is 12.5. The molecule has 0 bridgehead atoms. The summed E-state index contributed by atoms with van der Waals surface area (Å²) < 4.78 is 0. The van der Waals surface area contributed by atoms with E-state index in [1.165, 1.54) is 5.56 Å². The second-order valence-corrected chi connectivity index (χ2v) is 5.04. The number of carbonyl (C=O) groups excluding carboxylic acids is 1. The summed E-state index contributed by atoms with van der Waals surface area (Å²) in [4.78, 5) is 15.4. The molecule has 20 heavy (non-hydrogen) atoms. The lowest BCUT2D eigenvalue weighted by Crippen LogP contribution is -2.12. The van der Waals surface area contributed by atoms with E-state index >= 15 is 0 Å². The minimum Gasteiger partial charge on any atom is -0.351 e. The van der Waals surface area contributed by atoms with Gasteiger partial charge in [-0.15, -0.1) is 0 Å². The number of aromatic amines is 1. The first-order valence-electron chi connectivity index (χ1n) is 6.60. The summed E-state index contributed by atoms with van der Waals surface area (Å²) >= 11 is 0. The van der Waals surface area contributed by atoms with Gasteiger partial charge in [0.2, 0.25) is 0 Å². The maximum atomic E-state index is 12.3. The molecule has 0 aliphatic heterocycles. The van der Waals surface area contributed by atoms with Gasteiger partial charge in [0.25, 0.3) is 5.91 Å². The zero-order valence-electron chi connectivity index (χ0n) is 11.5. The molecule has 0 aliphatic rings. The Balaban J connectivity index is 1.91. The van der Waals surface area contributed by atoms with Crippen LogP contribution in [0.3, 0.4) is 0 Å². The highest BCUT2D eigenvalue weighted by atomic mass is 16.1. The Morgan fingerprint density at radius 2 is 1.85 bits per heavy atom. The molecule has 0 fully saturated rings. The van der Waals surface area contributed by atoms with Crippen molar-refractivity contribution in [3.8, 4) is 0 Å². The molecule has 3 aromatic rings. The average molecular weight is 264 g/mol. The number of para-hydroxylation sites is 1. The number of nitrogens with one attached hydrogen (secondary N) is 2. The molecule has 2 aromatic carbocycles. The van der Waals surface area contributed by atoms with E-state index in [2.05, 4.69) is 16.4 Å². The normalized spacial score (nSPS) is 10.7. The van der Waals surface area contributed by atoms with Gasteiger partial charge in [0.1, 0.15) is 5.69 Å². The molecule has 0 saturated heterocycles. The van der Waals surface area contributed by atoms with Crippen molar-refractivity contribution in [2.75, 3.05) is 5.32 Å². The first-order chi connectivity index (χ1) is 9.63. The van der Waals surface area contributed by atoms with Crippen LogP contribution < -0.4 is 5.32 Å². The van der Waals surface area contributed by atoms with Crippen LogP contribution in [0.1, 0.15) is 21.6 Å². The Hall–Kier alpha value is -2.55. The van der Waals surface area contributed by atoms with Gasteiger partial charge in [-0.05, 0) is 43.7 Å². The molecule has 1 aromatic heterocycles. The number of rotatable bonds is 2. The third-order valence-corrected chi connectivity index (χ3v) is 3.41. The number of hydrogen-bond donors (Lipinski definition) is 2. The largest absolute Gasteiger partial charge is 0.351 e. The molecule has 0 saturated carbocycles. The molecule has 3 nitrogen and oxygen atoms in total. The van der Waals surface area contributed by atoms with Gasteiger partial charge < -0.3 is 10.3 Å². The lowest BCUT2D eigenvalue weighted by atomic mass is 10.2. The van der Waals surface area contributed by atoms with Crippen LogP contribution in [0.25, 0.3) is 10.9 Å². The van der Waals surface area contributed by atoms with E-state index in [1.807, 2.05) is 56.3 Å². The number of aryl methyl sites for hydroxylation is 2. The Kier molecular flexibility index (Phi) is 3.03. The quantitative estimate of drug-likeness (QED) is 0.721. The van der Waals surface area contributed by atoms with E-state index in [0.29, 0.717) is 5.69 Å². The van der Waals surface area contributed by atoms with Crippen LogP contribution in [-0.2, 0) is 0 Å². The monoisotopic (exact) mass is 264 g/mol. The van der Waals surface area contributed by atoms with Gasteiger partial charge in [-0.1, -0.05) is 29.8 Å². The van der Waals surface area contributed by atoms with Crippen LogP contribution in [0.15, 0.2) is 48.5 Å². The van der Waals surface area contributed by atoms with Gasteiger partial charge in [-0.3, -0.25) is 4.79 Å². The minimum absolute atomic E-state index is 0.117. The molecule has 0 radical (unpaired) electrons. The highest BCUT2D eigenvalue weighted by Crippen LogP contribution is 2.19. The van der Waals surface area contributed by atoms with Crippen LogP contribution in [0.5, 0.6) is 0 Å². The molecule has 1 heterocycles. The second kappa shape index (κ2) is 4.85. The molecular weight excluding hydrogens is 248 g/mol. The predicted molar refractivity (Wildman–Crippen MR) is 82.2 cm³/mol. The topological polar surface area (TPSA) is 44.9 Å². The molecule has 100 valence electrons. The molecular formula is C17H16N2O. The van der Waals surface area contributed by atoms with Crippen molar-refractivity contribution >= 4 is 22.5 Å². The van der Waals surface area contributed by atoms with Crippen molar-refractivity contribution < 1.29 is 4.79 Å². The van der Waals surface area contributed by atoms with Gasteiger partial charge in [0, 0.05) is 16.6 Å². The van der Waals surface area contributed by atoms with E-state index in [0.717, 1.165) is 22.2 Å². The summed E-state index contributed by atoms with van der Waals surface area (Å²) in [6, 6.07) is 15.7. The second-order valence-electron chi connectivity index (χ2n) is 5.04. The number of H-pyrrole nitrogens is 1. The number of carbonyl (C=O) groups is 1. The van der Waals surface area contributed by atoms with E-state index in [1.54, 1.807) is 0 Å². The summed E-state index contributed by atoms with van der Waals surface area (Å²) in [7, 11) is 0. The fourth-order valence-electron chi connectivity index (χ4n) is 2.28. The van der Waals surface area contributed by atoms with Gasteiger partial charge >= 0.3 is 0 Å². The Labute approximate surface area is 117 Å². The van der Waals surface area contributed by atoms with Crippen LogP contribution in [0, 0.1) is 13.8 Å². The smallest absolute Gasteiger partial charge is 0.272 e. The average Bonchev–Trinajstić information content (AvgIpc) is 2.84. The Morgan fingerprint density at radius 1 is 1.05 bits per heavy atom. The fourth-order valence-corrected chi connectivity index (χ4v) is 2.28. The van der Waals surface area contributed by atoms with Crippen LogP contribution in [0.2, 0.25) is 0 Å². The molecule has 0 unspecified atom stereocenters. The van der Waals surface area contributed by atoms with E-state index < -0.39 is 0 Å². The molecule has 0 atom stereocenters. The number of benzene rings is 2. The lowest BCUT2D eigenvalue weighted by molar-refractivity contribution is 0.102. The van der Waals surface area contributed by atoms with E-state index in [4.69, 9.17) is 0 Å². The summed E-state index contributed by atoms with van der Waals surface area (Å²) in [6.45, 7) is 4.02. The van der Waals surface area contributed by atoms with Crippen molar-refractivity contribution in [1.82, 2.24) is 4.98 Å².